The Morgan fingerprint density at radius 2 is 1.88 bits per heavy atom. The molecule has 0 aliphatic carbocycles. The molecule has 0 atom stereocenters. The van der Waals surface area contributed by atoms with Gasteiger partial charge in [-0.05, 0) is 24.3 Å². The topological polar surface area (TPSA) is 101 Å². The molecule has 2 N–H and O–H groups in total. The molecule has 1 heterocycles. The molecule has 1 aromatic heterocycles. The average molecular weight is 376 g/mol. The molecule has 7 nitrogen and oxygen atoms in total. The summed E-state index contributed by atoms with van der Waals surface area (Å²) < 4.78 is 14.4. The van der Waals surface area contributed by atoms with E-state index in [1.165, 1.54) is 24.3 Å². The molecule has 0 saturated heterocycles. The predicted octanol–water partition coefficient (Wildman–Crippen LogP) is 2.53. The number of carbonyl (C=O) groups excluding carboxylic acids is 1. The minimum absolute atomic E-state index is 0.113. The molecule has 26 heavy (non-hydrogen) atoms. The standard InChI is InChI=1S/C17H11ClFN3O4/c18-9-5-6-12(19)13(7-9)20-14(23)8-22-16(24)11-4-2-1-3-10(11)15(21-22)17(25)26/h1-7H,8H2,(H,20,23)(H,25,26). The van der Waals surface area contributed by atoms with Crippen LogP contribution in [0.15, 0.2) is 47.3 Å². The van der Waals surface area contributed by atoms with Gasteiger partial charge < -0.3 is 10.4 Å². The fourth-order valence-corrected chi connectivity index (χ4v) is 2.59. The van der Waals surface area contributed by atoms with E-state index >= 15 is 0 Å². The van der Waals surface area contributed by atoms with Gasteiger partial charge in [0.25, 0.3) is 5.56 Å². The molecular formula is C17H11ClFN3O4. The first-order chi connectivity index (χ1) is 12.4. The summed E-state index contributed by atoms with van der Waals surface area (Å²) in [4.78, 5) is 36.0. The van der Waals surface area contributed by atoms with E-state index in [9.17, 15) is 23.9 Å². The monoisotopic (exact) mass is 375 g/mol. The quantitative estimate of drug-likeness (QED) is 0.729. The lowest BCUT2D eigenvalue weighted by atomic mass is 10.1. The van der Waals surface area contributed by atoms with Crippen molar-refractivity contribution < 1.29 is 19.1 Å². The smallest absolute Gasteiger partial charge is 0.357 e. The number of nitrogens with zero attached hydrogens (tertiary/aromatic N) is 2. The van der Waals surface area contributed by atoms with Gasteiger partial charge in [0.15, 0.2) is 5.69 Å². The first kappa shape index (κ1) is 17.6. The Kier molecular flexibility index (Phi) is 4.68. The van der Waals surface area contributed by atoms with Crippen molar-refractivity contribution in [2.24, 2.45) is 0 Å². The number of carboxylic acids is 1. The van der Waals surface area contributed by atoms with Crippen molar-refractivity contribution in [1.82, 2.24) is 9.78 Å². The minimum Gasteiger partial charge on any atom is -0.476 e. The number of nitrogens with one attached hydrogen (secondary N) is 1. The number of rotatable bonds is 4. The van der Waals surface area contributed by atoms with Crippen LogP contribution in [0.3, 0.4) is 0 Å². The van der Waals surface area contributed by atoms with Crippen molar-refractivity contribution in [3.63, 3.8) is 0 Å². The largest absolute Gasteiger partial charge is 0.476 e. The van der Waals surface area contributed by atoms with Crippen LogP contribution < -0.4 is 10.9 Å². The lowest BCUT2D eigenvalue weighted by Gasteiger charge is -2.10. The van der Waals surface area contributed by atoms with Crippen LogP contribution in [0.2, 0.25) is 5.02 Å². The fourth-order valence-electron chi connectivity index (χ4n) is 2.42. The second-order valence-corrected chi connectivity index (χ2v) is 5.77. The molecule has 3 aromatic rings. The lowest BCUT2D eigenvalue weighted by Crippen LogP contribution is -2.31. The Bertz CT molecular complexity index is 1100. The number of amides is 1. The molecule has 0 bridgehead atoms. The molecule has 0 fully saturated rings. The molecule has 0 aliphatic heterocycles. The van der Waals surface area contributed by atoms with E-state index in [0.29, 0.717) is 0 Å². The SMILES string of the molecule is O=C(Cn1nc(C(=O)O)c2ccccc2c1=O)Nc1cc(Cl)ccc1F. The third-order valence-corrected chi connectivity index (χ3v) is 3.80. The summed E-state index contributed by atoms with van der Waals surface area (Å²) in [6, 6.07) is 9.67. The van der Waals surface area contributed by atoms with Crippen LogP contribution in [0.5, 0.6) is 0 Å². The van der Waals surface area contributed by atoms with E-state index in [0.717, 1.165) is 10.7 Å². The summed E-state index contributed by atoms with van der Waals surface area (Å²) in [5.74, 6) is -2.79. The minimum atomic E-state index is -1.34. The molecular weight excluding hydrogens is 365 g/mol. The first-order valence-electron chi connectivity index (χ1n) is 7.35. The highest BCUT2D eigenvalue weighted by Gasteiger charge is 2.17. The summed E-state index contributed by atoms with van der Waals surface area (Å²) in [7, 11) is 0. The van der Waals surface area contributed by atoms with Crippen LogP contribution in [-0.2, 0) is 11.3 Å². The summed E-state index contributed by atoms with van der Waals surface area (Å²) in [5, 5.41) is 15.8. The number of aromatic nitrogens is 2. The average Bonchev–Trinajstić information content (AvgIpc) is 2.60. The van der Waals surface area contributed by atoms with E-state index in [1.807, 2.05) is 0 Å². The second kappa shape index (κ2) is 6.93. The van der Waals surface area contributed by atoms with Gasteiger partial charge in [-0.25, -0.2) is 13.9 Å². The zero-order valence-corrected chi connectivity index (χ0v) is 13.8. The number of benzene rings is 2. The highest BCUT2D eigenvalue weighted by molar-refractivity contribution is 6.30. The zero-order valence-electron chi connectivity index (χ0n) is 13.1. The van der Waals surface area contributed by atoms with Gasteiger partial charge in [0.05, 0.1) is 11.1 Å². The second-order valence-electron chi connectivity index (χ2n) is 5.33. The van der Waals surface area contributed by atoms with Crippen molar-refractivity contribution in [2.45, 2.75) is 6.54 Å². The van der Waals surface area contributed by atoms with E-state index in [4.69, 9.17) is 11.6 Å². The number of hydrogen-bond donors (Lipinski definition) is 2. The van der Waals surface area contributed by atoms with Crippen LogP contribution in [0.4, 0.5) is 10.1 Å². The van der Waals surface area contributed by atoms with E-state index in [2.05, 4.69) is 10.4 Å². The Balaban J connectivity index is 1.97. The van der Waals surface area contributed by atoms with Gasteiger partial charge >= 0.3 is 5.97 Å². The molecule has 3 rings (SSSR count). The Morgan fingerprint density at radius 3 is 2.58 bits per heavy atom. The van der Waals surface area contributed by atoms with Gasteiger partial charge in [-0.2, -0.15) is 5.10 Å². The van der Waals surface area contributed by atoms with Crippen LogP contribution >= 0.6 is 11.6 Å². The summed E-state index contributed by atoms with van der Waals surface area (Å²) >= 11 is 5.76. The molecule has 9 heteroatoms. The van der Waals surface area contributed by atoms with Crippen LogP contribution in [0, 0.1) is 5.82 Å². The number of aromatic carboxylic acids is 1. The number of fused-ring (bicyclic) bond motifs is 1. The maximum Gasteiger partial charge on any atom is 0.357 e. The third kappa shape index (κ3) is 3.40. The zero-order chi connectivity index (χ0) is 18.8. The van der Waals surface area contributed by atoms with Gasteiger partial charge in [0, 0.05) is 10.4 Å². The molecule has 132 valence electrons. The summed E-state index contributed by atoms with van der Waals surface area (Å²) in [5.41, 5.74) is -1.15. The molecule has 0 unspecified atom stereocenters. The molecule has 0 radical (unpaired) electrons. The van der Waals surface area contributed by atoms with Crippen molar-refractivity contribution in [3.05, 3.63) is 69.4 Å². The predicted molar refractivity (Wildman–Crippen MR) is 93.0 cm³/mol. The van der Waals surface area contributed by atoms with Crippen molar-refractivity contribution in [2.75, 3.05) is 5.32 Å². The van der Waals surface area contributed by atoms with E-state index < -0.39 is 29.8 Å². The molecule has 2 aromatic carbocycles. The number of carbonyl (C=O) groups is 2. The van der Waals surface area contributed by atoms with Crippen molar-refractivity contribution in [1.29, 1.82) is 0 Å². The van der Waals surface area contributed by atoms with Gasteiger partial charge in [-0.15, -0.1) is 0 Å². The van der Waals surface area contributed by atoms with Crippen LogP contribution in [-0.4, -0.2) is 26.8 Å². The number of halogens is 2. The Morgan fingerprint density at radius 1 is 1.19 bits per heavy atom. The molecule has 0 aliphatic rings. The fraction of sp³-hybridized carbons (Fsp3) is 0.0588. The number of anilines is 1. The Labute approximate surface area is 150 Å². The number of hydrogen-bond acceptors (Lipinski definition) is 4. The molecule has 0 spiro atoms. The first-order valence-corrected chi connectivity index (χ1v) is 7.72. The van der Waals surface area contributed by atoms with Gasteiger partial charge in [0.1, 0.15) is 12.4 Å². The molecule has 1 amide bonds. The van der Waals surface area contributed by atoms with E-state index in [-0.39, 0.29) is 27.2 Å². The highest BCUT2D eigenvalue weighted by Crippen LogP contribution is 2.19. The lowest BCUT2D eigenvalue weighted by molar-refractivity contribution is -0.117. The Hall–Kier alpha value is -3.26. The van der Waals surface area contributed by atoms with Gasteiger partial charge in [0.2, 0.25) is 5.91 Å². The van der Waals surface area contributed by atoms with Gasteiger partial charge in [-0.1, -0.05) is 29.8 Å². The van der Waals surface area contributed by atoms with Gasteiger partial charge in [-0.3, -0.25) is 9.59 Å². The van der Waals surface area contributed by atoms with Crippen LogP contribution in [0.25, 0.3) is 10.8 Å². The van der Waals surface area contributed by atoms with Crippen molar-refractivity contribution >= 4 is 39.9 Å². The summed E-state index contributed by atoms with van der Waals surface area (Å²) in [6.45, 7) is -0.587. The normalized spacial score (nSPS) is 10.7. The summed E-state index contributed by atoms with van der Waals surface area (Å²) in [6.07, 6.45) is 0. The highest BCUT2D eigenvalue weighted by atomic mass is 35.5. The third-order valence-electron chi connectivity index (χ3n) is 3.57. The number of carboxylic acid groups (broad SMARTS) is 1. The van der Waals surface area contributed by atoms with E-state index in [1.54, 1.807) is 12.1 Å². The maximum atomic E-state index is 13.7. The van der Waals surface area contributed by atoms with Crippen LogP contribution in [0.1, 0.15) is 10.5 Å². The van der Waals surface area contributed by atoms with Crippen molar-refractivity contribution in [3.8, 4) is 0 Å². The maximum absolute atomic E-state index is 13.7. The molecule has 0 saturated carbocycles.